The summed E-state index contributed by atoms with van der Waals surface area (Å²) in [6.45, 7) is 1.69. The quantitative estimate of drug-likeness (QED) is 0.363. The number of amides is 2. The maximum absolute atomic E-state index is 13.3. The standard InChI is InChI=1S/C30H35F3N4O5/c1-19(2)37-25(11-13-31)24(27(39)36(30(37)41)18-20-5-6-20)12-14-34-29(40)35-15-3-4-21(17-35)16-26(38)22-7-9-23(10-8-22)42-28(32)33/h7-14,19-21,28H,3-6,15-18H2,1-2H3,(H,34,40)/b13-11+,14-12+. The summed E-state index contributed by atoms with van der Waals surface area (Å²) in [5.74, 6) is -0.0360. The van der Waals surface area contributed by atoms with Crippen molar-refractivity contribution in [1.82, 2.24) is 19.4 Å². The average molecular weight is 589 g/mol. The number of nitrogens with one attached hydrogen (secondary N) is 1. The molecule has 2 amide bonds. The number of Topliss-reactive ketones (excluding diaryl/α,β-unsaturated/α-hetero) is 1. The lowest BCUT2D eigenvalue weighted by Crippen LogP contribution is -2.44. The molecule has 1 unspecified atom stereocenters. The largest absolute Gasteiger partial charge is 0.435 e. The number of aromatic nitrogens is 2. The van der Waals surface area contributed by atoms with Crippen LogP contribution in [0, 0.1) is 11.8 Å². The van der Waals surface area contributed by atoms with E-state index in [1.807, 2.05) is 0 Å². The minimum absolute atomic E-state index is 0.0345. The maximum atomic E-state index is 13.3. The third kappa shape index (κ3) is 7.59. The first kappa shape index (κ1) is 30.9. The number of halogens is 3. The Bertz CT molecular complexity index is 1460. The maximum Gasteiger partial charge on any atom is 0.387 e. The van der Waals surface area contributed by atoms with Gasteiger partial charge in [0.05, 0.1) is 17.6 Å². The highest BCUT2D eigenvalue weighted by Gasteiger charge is 2.27. The van der Waals surface area contributed by atoms with Gasteiger partial charge >= 0.3 is 18.3 Å². The van der Waals surface area contributed by atoms with Gasteiger partial charge in [0.15, 0.2) is 5.78 Å². The number of nitrogens with zero attached hydrogens (tertiary/aromatic N) is 3. The van der Waals surface area contributed by atoms with E-state index >= 15 is 0 Å². The zero-order chi connectivity index (χ0) is 30.4. The van der Waals surface area contributed by atoms with E-state index in [4.69, 9.17) is 0 Å². The van der Waals surface area contributed by atoms with Gasteiger partial charge in [0.1, 0.15) is 5.75 Å². The van der Waals surface area contributed by atoms with Crippen LogP contribution in [0.25, 0.3) is 12.2 Å². The average Bonchev–Trinajstić information content (AvgIpc) is 3.77. The summed E-state index contributed by atoms with van der Waals surface area (Å²) < 4.78 is 44.9. The highest BCUT2D eigenvalue weighted by molar-refractivity contribution is 5.96. The molecule has 2 heterocycles. The molecule has 2 aromatic rings. The predicted octanol–water partition coefficient (Wildman–Crippen LogP) is 5.21. The predicted molar refractivity (Wildman–Crippen MR) is 152 cm³/mol. The summed E-state index contributed by atoms with van der Waals surface area (Å²) in [7, 11) is 0. The van der Waals surface area contributed by atoms with Crippen molar-refractivity contribution in [2.45, 2.75) is 65.1 Å². The molecule has 0 radical (unpaired) electrons. The number of likely N-dealkylation sites (tertiary alicyclic amines) is 1. The number of piperidine rings is 1. The van der Waals surface area contributed by atoms with Crippen molar-refractivity contribution in [1.29, 1.82) is 0 Å². The van der Waals surface area contributed by atoms with Gasteiger partial charge in [-0.25, -0.2) is 14.0 Å². The Morgan fingerprint density at radius 1 is 1.07 bits per heavy atom. The van der Waals surface area contributed by atoms with Crippen molar-refractivity contribution >= 4 is 24.0 Å². The van der Waals surface area contributed by atoms with E-state index in [1.165, 1.54) is 45.7 Å². The second-order valence-electron chi connectivity index (χ2n) is 11.0. The minimum atomic E-state index is -2.95. The number of rotatable bonds is 11. The molecule has 1 saturated heterocycles. The van der Waals surface area contributed by atoms with Crippen LogP contribution in [0.15, 0.2) is 46.4 Å². The van der Waals surface area contributed by atoms with Crippen molar-refractivity contribution in [2.24, 2.45) is 11.8 Å². The van der Waals surface area contributed by atoms with E-state index in [0.717, 1.165) is 25.3 Å². The van der Waals surface area contributed by atoms with Gasteiger partial charge in [0, 0.05) is 43.9 Å². The van der Waals surface area contributed by atoms with Crippen LogP contribution in [0.1, 0.15) is 73.6 Å². The van der Waals surface area contributed by atoms with E-state index in [0.29, 0.717) is 31.6 Å². The minimum Gasteiger partial charge on any atom is -0.435 e. The lowest BCUT2D eigenvalue weighted by molar-refractivity contribution is -0.0498. The third-order valence-corrected chi connectivity index (χ3v) is 7.46. The number of ketones is 1. The second-order valence-corrected chi connectivity index (χ2v) is 11.0. The van der Waals surface area contributed by atoms with Crippen LogP contribution in [-0.2, 0) is 6.54 Å². The molecule has 1 atom stereocenters. The first-order valence-electron chi connectivity index (χ1n) is 14.0. The molecule has 1 aliphatic heterocycles. The SMILES string of the molecule is CC(C)n1c(/C=C/F)c(/C=C/NC(=O)N2CCCC(CC(=O)c3ccc(OC(F)F)cc3)C2)c(=O)n(CC2CC2)c1=O. The van der Waals surface area contributed by atoms with E-state index in [1.54, 1.807) is 18.7 Å². The van der Waals surface area contributed by atoms with Gasteiger partial charge in [-0.3, -0.25) is 18.7 Å². The molecule has 2 fully saturated rings. The molecule has 1 saturated carbocycles. The Morgan fingerprint density at radius 3 is 2.40 bits per heavy atom. The van der Waals surface area contributed by atoms with Crippen LogP contribution >= 0.6 is 0 Å². The summed E-state index contributed by atoms with van der Waals surface area (Å²) in [5.41, 5.74) is -0.472. The van der Waals surface area contributed by atoms with Crippen LogP contribution < -0.4 is 21.3 Å². The third-order valence-electron chi connectivity index (χ3n) is 7.46. The Kier molecular flexibility index (Phi) is 10.1. The van der Waals surface area contributed by atoms with Gasteiger partial charge in [-0.2, -0.15) is 8.78 Å². The first-order chi connectivity index (χ1) is 20.1. The Morgan fingerprint density at radius 2 is 1.79 bits per heavy atom. The number of ether oxygens (including phenoxy) is 1. The topological polar surface area (TPSA) is 103 Å². The van der Waals surface area contributed by atoms with Gasteiger partial charge in [-0.15, -0.1) is 0 Å². The van der Waals surface area contributed by atoms with Crippen molar-refractivity contribution < 1.29 is 27.5 Å². The molecule has 1 aromatic heterocycles. The summed E-state index contributed by atoms with van der Waals surface area (Å²) in [4.78, 5) is 53.7. The van der Waals surface area contributed by atoms with Gasteiger partial charge < -0.3 is 15.0 Å². The second kappa shape index (κ2) is 13.7. The number of carbonyl (C=O) groups is 2. The fourth-order valence-corrected chi connectivity index (χ4v) is 5.22. The summed E-state index contributed by atoms with van der Waals surface area (Å²) in [6, 6.07) is 4.74. The molecular formula is C30H35F3N4O5. The van der Waals surface area contributed by atoms with Crippen LogP contribution in [-0.4, -0.2) is 45.5 Å². The van der Waals surface area contributed by atoms with Gasteiger partial charge in [-0.1, -0.05) is 0 Å². The smallest absolute Gasteiger partial charge is 0.387 e. The van der Waals surface area contributed by atoms with E-state index in [9.17, 15) is 32.3 Å². The molecule has 42 heavy (non-hydrogen) atoms. The highest BCUT2D eigenvalue weighted by atomic mass is 19.3. The Labute approximate surface area is 241 Å². The number of alkyl halides is 2. The fraction of sp³-hybridized carbons (Fsp3) is 0.467. The molecule has 1 N–H and O–H groups in total. The van der Waals surface area contributed by atoms with Crippen LogP contribution in [0.4, 0.5) is 18.0 Å². The molecule has 4 rings (SSSR count). The van der Waals surface area contributed by atoms with Crippen LogP contribution in [0.5, 0.6) is 5.75 Å². The molecule has 0 spiro atoms. The van der Waals surface area contributed by atoms with E-state index in [-0.39, 0.29) is 53.4 Å². The molecule has 0 bridgehead atoms. The Balaban J connectivity index is 1.44. The molecule has 1 aromatic carbocycles. The number of carbonyl (C=O) groups excluding carboxylic acids is 2. The molecular weight excluding hydrogens is 553 g/mol. The van der Waals surface area contributed by atoms with Crippen LogP contribution in [0.2, 0.25) is 0 Å². The van der Waals surface area contributed by atoms with Gasteiger partial charge in [0.25, 0.3) is 5.56 Å². The molecule has 1 aliphatic carbocycles. The molecule has 9 nitrogen and oxygen atoms in total. The summed E-state index contributed by atoms with van der Waals surface area (Å²) in [5, 5.41) is 2.65. The number of urea groups is 1. The lowest BCUT2D eigenvalue weighted by Gasteiger charge is -2.32. The molecule has 12 heteroatoms. The monoisotopic (exact) mass is 588 g/mol. The number of hydrogen-bond donors (Lipinski definition) is 1. The van der Waals surface area contributed by atoms with Crippen molar-refractivity contribution in [3.8, 4) is 5.75 Å². The van der Waals surface area contributed by atoms with Crippen molar-refractivity contribution in [3.05, 3.63) is 74.5 Å². The normalized spacial score (nSPS) is 17.5. The Hall–Kier alpha value is -4.09. The molecule has 226 valence electrons. The van der Waals surface area contributed by atoms with E-state index < -0.39 is 23.9 Å². The molecule has 2 aliphatic rings. The summed E-state index contributed by atoms with van der Waals surface area (Å²) >= 11 is 0. The van der Waals surface area contributed by atoms with Crippen molar-refractivity contribution in [3.63, 3.8) is 0 Å². The van der Waals surface area contributed by atoms with Gasteiger partial charge in [-0.05, 0) is 87.8 Å². The summed E-state index contributed by atoms with van der Waals surface area (Å²) in [6.07, 6.45) is 7.52. The van der Waals surface area contributed by atoms with Crippen molar-refractivity contribution in [2.75, 3.05) is 13.1 Å². The fourth-order valence-electron chi connectivity index (χ4n) is 5.22. The number of hydrogen-bond acceptors (Lipinski definition) is 5. The number of benzene rings is 1. The zero-order valence-corrected chi connectivity index (χ0v) is 23.6. The zero-order valence-electron chi connectivity index (χ0n) is 23.6. The van der Waals surface area contributed by atoms with E-state index in [2.05, 4.69) is 10.1 Å². The lowest BCUT2D eigenvalue weighted by atomic mass is 9.91. The highest BCUT2D eigenvalue weighted by Crippen LogP contribution is 2.30. The first-order valence-corrected chi connectivity index (χ1v) is 14.0. The van der Waals surface area contributed by atoms with Crippen LogP contribution in [0.3, 0.4) is 0 Å². The van der Waals surface area contributed by atoms with Gasteiger partial charge in [0.2, 0.25) is 0 Å².